The van der Waals surface area contributed by atoms with E-state index in [0.29, 0.717) is 50.5 Å². The number of halogens is 1. The molecule has 2 aliphatic carbocycles. The molecule has 2 saturated heterocycles. The molecule has 6 aromatic rings. The number of rotatable bonds is 9. The molecule has 396 valence electrons. The van der Waals surface area contributed by atoms with E-state index in [9.17, 15) is 24.7 Å². The summed E-state index contributed by atoms with van der Waals surface area (Å²) in [6, 6.07) is 19.2. The quantitative estimate of drug-likeness (QED) is 0.0805. The highest BCUT2D eigenvalue weighted by molar-refractivity contribution is 14.1. The summed E-state index contributed by atoms with van der Waals surface area (Å²) in [7, 11) is -1.52. The molecule has 0 spiro atoms. The molecule has 4 aromatic heterocycles. The SMILES string of the molecule is CC1(Oc2ccc3c(c2)c(I)nn3CO)CC1.C[C@H]1CN(c2cc(-c3n[nH]c4ccc(OC5(C)CC5)cc34)ccn2)CCN1C(=O)OC(C)(C)C.C[C@H]1CN(c2cc(B(O)O)ccn2)CCN1C(=O)OC(C)(C)C. The van der Waals surface area contributed by atoms with E-state index in [4.69, 9.17) is 18.9 Å². The Labute approximate surface area is 446 Å². The van der Waals surface area contributed by atoms with Gasteiger partial charge in [0.1, 0.15) is 61.7 Å². The maximum absolute atomic E-state index is 12.6. The molecule has 2 saturated carbocycles. The summed E-state index contributed by atoms with van der Waals surface area (Å²) < 4.78 is 25.6. The van der Waals surface area contributed by atoms with Crippen LogP contribution in [-0.4, -0.2) is 148 Å². The van der Waals surface area contributed by atoms with Gasteiger partial charge in [-0.05, 0) is 184 Å². The van der Waals surface area contributed by atoms with Crippen molar-refractivity contribution < 1.29 is 43.7 Å². The lowest BCUT2D eigenvalue weighted by atomic mass is 9.81. The van der Waals surface area contributed by atoms with Crippen LogP contribution in [-0.2, 0) is 16.2 Å². The summed E-state index contributed by atoms with van der Waals surface area (Å²) in [5.41, 5.74) is 3.17. The number of hydrogen-bond acceptors (Lipinski definition) is 15. The Morgan fingerprint density at radius 3 is 1.74 bits per heavy atom. The first-order valence-corrected chi connectivity index (χ1v) is 26.4. The van der Waals surface area contributed by atoms with Gasteiger partial charge in [-0.25, -0.2) is 24.2 Å². The molecule has 0 unspecified atom stereocenters. The van der Waals surface area contributed by atoms with Gasteiger partial charge in [0, 0.05) is 80.1 Å². The van der Waals surface area contributed by atoms with E-state index in [1.165, 1.54) is 0 Å². The molecule has 0 bridgehead atoms. The van der Waals surface area contributed by atoms with E-state index in [-0.39, 0.29) is 42.2 Å². The number of aliphatic hydroxyl groups excluding tert-OH is 1. The zero-order valence-electron chi connectivity index (χ0n) is 44.1. The van der Waals surface area contributed by atoms with E-state index >= 15 is 0 Å². The molecule has 4 aliphatic rings. The predicted octanol–water partition coefficient (Wildman–Crippen LogP) is 7.73. The maximum atomic E-state index is 12.6. The summed E-state index contributed by atoms with van der Waals surface area (Å²) in [5, 5.41) is 41.8. The third-order valence-corrected chi connectivity index (χ3v) is 14.0. The Balaban J connectivity index is 0.000000158. The van der Waals surface area contributed by atoms with Crippen LogP contribution < -0.4 is 24.7 Å². The van der Waals surface area contributed by atoms with E-state index in [1.807, 2.05) is 103 Å². The average molecular weight is 1130 g/mol. The summed E-state index contributed by atoms with van der Waals surface area (Å²) >= 11 is 2.17. The van der Waals surface area contributed by atoms with Crippen LogP contribution in [0, 0.1) is 3.70 Å². The number of amides is 2. The number of pyridine rings is 2. The van der Waals surface area contributed by atoms with Crippen LogP contribution in [0.25, 0.3) is 33.1 Å². The highest BCUT2D eigenvalue weighted by Crippen LogP contribution is 2.42. The first-order chi connectivity index (χ1) is 34.9. The van der Waals surface area contributed by atoms with Crippen LogP contribution >= 0.6 is 22.6 Å². The molecule has 2 aliphatic heterocycles. The highest BCUT2D eigenvalue weighted by Gasteiger charge is 2.41. The Hall–Kier alpha value is -5.91. The predicted molar refractivity (Wildman–Crippen MR) is 294 cm³/mol. The summed E-state index contributed by atoms with van der Waals surface area (Å²) in [4.78, 5) is 41.4. The fourth-order valence-corrected chi connectivity index (χ4v) is 9.41. The van der Waals surface area contributed by atoms with Crippen LogP contribution in [0.5, 0.6) is 11.5 Å². The number of carbonyl (C=O) groups excluding carboxylic acids is 2. The second-order valence-electron chi connectivity index (χ2n) is 22.2. The average Bonchev–Trinajstić information content (AvgIpc) is 4.17. The van der Waals surface area contributed by atoms with Crippen LogP contribution in [0.2, 0.25) is 0 Å². The van der Waals surface area contributed by atoms with Gasteiger partial charge in [-0.3, -0.25) is 5.10 Å². The van der Waals surface area contributed by atoms with Crippen molar-refractivity contribution in [2.45, 2.75) is 136 Å². The Kier molecular flexibility index (Phi) is 16.0. The van der Waals surface area contributed by atoms with Gasteiger partial charge < -0.3 is 53.7 Å². The number of aliphatic hydroxyl groups is 1. The van der Waals surface area contributed by atoms with E-state index in [0.717, 1.165) is 79.8 Å². The fraction of sp³-hybridized carbons (Fsp3) is 0.509. The van der Waals surface area contributed by atoms with Gasteiger partial charge in [0.05, 0.1) is 11.0 Å². The maximum Gasteiger partial charge on any atom is 0.488 e. The first kappa shape index (κ1) is 54.4. The lowest BCUT2D eigenvalue weighted by Crippen LogP contribution is -2.55. The number of carbonyl (C=O) groups is 2. The summed E-state index contributed by atoms with van der Waals surface area (Å²) in [5.74, 6) is 3.30. The molecular formula is C53H70BIN10O9. The molecule has 2 amide bonds. The number of piperazine rings is 2. The van der Waals surface area contributed by atoms with E-state index in [1.54, 1.807) is 32.8 Å². The zero-order chi connectivity index (χ0) is 53.3. The standard InChI is InChI=1S/C26H33N5O3.C15H24BN3O4.C12H13IN2O2/c1-17-16-30(12-13-31(17)24(32)34-25(2,3)4)22-14-18(8-11-27-22)23-20-15-19(33-26(5)9-10-26)6-7-21(20)28-29-23;1-11-10-18(13-9-12(16(21)22)5-6-17-13)7-8-19(11)14(20)23-15(2,3)4;1-12(4-5-12)17-8-2-3-10-9(6-8)11(13)14-15(10)7-16/h6-8,11,14-15,17H,9-10,12-13,16H2,1-5H3,(H,28,29);5-6,9,11,21-22H,7-8,10H2,1-4H3;2-3,6,16H,4-5,7H2,1H3/t17-;11-;/m00./s1. The van der Waals surface area contributed by atoms with Gasteiger partial charge in [0.15, 0.2) is 0 Å². The lowest BCUT2D eigenvalue weighted by molar-refractivity contribution is 0.0147. The van der Waals surface area contributed by atoms with Gasteiger partial charge in [0.2, 0.25) is 0 Å². The van der Waals surface area contributed by atoms with Gasteiger partial charge in [-0.1, -0.05) is 0 Å². The number of H-pyrrole nitrogens is 1. The monoisotopic (exact) mass is 1130 g/mol. The van der Waals surface area contributed by atoms with Crippen molar-refractivity contribution in [3.8, 4) is 22.8 Å². The van der Waals surface area contributed by atoms with Gasteiger partial charge in [0.25, 0.3) is 0 Å². The summed E-state index contributed by atoms with van der Waals surface area (Å²) in [6.07, 6.45) is 7.24. The summed E-state index contributed by atoms with van der Waals surface area (Å²) in [6.45, 7) is 23.1. The molecule has 2 aromatic carbocycles. The third-order valence-electron chi connectivity index (χ3n) is 13.2. The minimum Gasteiger partial charge on any atom is -0.488 e. The number of nitrogens with zero attached hydrogens (tertiary/aromatic N) is 9. The molecule has 19 nitrogen and oxygen atoms in total. The molecule has 6 heterocycles. The number of aromatic amines is 1. The van der Waals surface area contributed by atoms with Crippen molar-refractivity contribution in [3.05, 3.63) is 76.8 Å². The zero-order valence-corrected chi connectivity index (χ0v) is 46.3. The van der Waals surface area contributed by atoms with Crippen molar-refractivity contribution >= 4 is 80.8 Å². The molecule has 4 fully saturated rings. The van der Waals surface area contributed by atoms with Crippen LogP contribution in [0.4, 0.5) is 21.2 Å². The van der Waals surface area contributed by atoms with Crippen molar-refractivity contribution in [1.29, 1.82) is 0 Å². The van der Waals surface area contributed by atoms with E-state index in [2.05, 4.69) is 78.7 Å². The Morgan fingerprint density at radius 2 is 1.24 bits per heavy atom. The number of anilines is 2. The van der Waals surface area contributed by atoms with E-state index < -0.39 is 18.3 Å². The largest absolute Gasteiger partial charge is 0.488 e. The Bertz CT molecular complexity index is 2950. The van der Waals surface area contributed by atoms with Gasteiger partial charge >= 0.3 is 19.3 Å². The molecule has 0 radical (unpaired) electrons. The normalized spacial score (nSPS) is 18.9. The molecule has 10 rings (SSSR count). The number of benzene rings is 2. The second kappa shape index (κ2) is 21.7. The van der Waals surface area contributed by atoms with Crippen molar-refractivity contribution in [2.24, 2.45) is 0 Å². The highest BCUT2D eigenvalue weighted by atomic mass is 127. The van der Waals surface area contributed by atoms with Crippen molar-refractivity contribution in [1.82, 2.24) is 39.7 Å². The number of nitrogens with one attached hydrogen (secondary N) is 1. The van der Waals surface area contributed by atoms with Crippen molar-refractivity contribution in [3.63, 3.8) is 0 Å². The number of aromatic nitrogens is 6. The number of hydrogen-bond donors (Lipinski definition) is 4. The van der Waals surface area contributed by atoms with Crippen LogP contribution in [0.1, 0.15) is 94.9 Å². The third kappa shape index (κ3) is 13.7. The number of ether oxygens (including phenoxy) is 4. The van der Waals surface area contributed by atoms with Crippen LogP contribution in [0.15, 0.2) is 73.1 Å². The minimum atomic E-state index is -1.52. The first-order valence-electron chi connectivity index (χ1n) is 25.3. The van der Waals surface area contributed by atoms with Gasteiger partial charge in [-0.15, -0.1) is 0 Å². The van der Waals surface area contributed by atoms with Gasteiger partial charge in [-0.2, -0.15) is 10.2 Å². The lowest BCUT2D eigenvalue weighted by Gasteiger charge is -2.40. The molecular weight excluding hydrogens is 1060 g/mol. The van der Waals surface area contributed by atoms with Crippen LogP contribution in [0.3, 0.4) is 0 Å². The fourth-order valence-electron chi connectivity index (χ4n) is 8.71. The number of fused-ring (bicyclic) bond motifs is 2. The minimum absolute atomic E-state index is 0.0174. The molecule has 74 heavy (non-hydrogen) atoms. The smallest absolute Gasteiger partial charge is 0.488 e. The Morgan fingerprint density at radius 1 is 0.730 bits per heavy atom. The molecule has 2 atom stereocenters. The molecule has 4 N–H and O–H groups in total. The topological polar surface area (TPSA) is 217 Å². The van der Waals surface area contributed by atoms with Crippen molar-refractivity contribution in [2.75, 3.05) is 49.1 Å². The second-order valence-corrected chi connectivity index (χ2v) is 23.2. The molecule has 21 heteroatoms.